The standard InChI is InChI=1S/C11H16O2S2/c1-8-5-14-7-10(15-6-8)4-9(2)11(12)13-3/h10H,1-2,4-7H2,3H3. The Bertz CT molecular complexity index is 274. The van der Waals surface area contributed by atoms with Crippen LogP contribution in [0.3, 0.4) is 0 Å². The second-order valence-corrected chi connectivity index (χ2v) is 5.82. The maximum Gasteiger partial charge on any atom is 0.333 e. The number of hydrogen-bond acceptors (Lipinski definition) is 4. The molecule has 1 unspecified atom stereocenters. The monoisotopic (exact) mass is 244 g/mol. The zero-order valence-electron chi connectivity index (χ0n) is 8.95. The molecule has 1 rings (SSSR count). The molecular weight excluding hydrogens is 228 g/mol. The van der Waals surface area contributed by atoms with E-state index in [0.717, 1.165) is 23.7 Å². The number of rotatable bonds is 3. The van der Waals surface area contributed by atoms with Gasteiger partial charge in [-0.3, -0.25) is 0 Å². The van der Waals surface area contributed by atoms with Crippen LogP contribution < -0.4 is 0 Å². The van der Waals surface area contributed by atoms with E-state index in [2.05, 4.69) is 17.9 Å². The van der Waals surface area contributed by atoms with Crippen LogP contribution in [0.5, 0.6) is 0 Å². The van der Waals surface area contributed by atoms with Crippen LogP contribution in [0.4, 0.5) is 0 Å². The van der Waals surface area contributed by atoms with Crippen molar-refractivity contribution in [2.45, 2.75) is 11.7 Å². The van der Waals surface area contributed by atoms with Gasteiger partial charge in [0.05, 0.1) is 7.11 Å². The summed E-state index contributed by atoms with van der Waals surface area (Å²) in [5, 5.41) is 0.459. The minimum atomic E-state index is -0.288. The van der Waals surface area contributed by atoms with Gasteiger partial charge in [-0.1, -0.05) is 18.7 Å². The fourth-order valence-corrected chi connectivity index (χ4v) is 3.87. The fraction of sp³-hybridized carbons (Fsp3) is 0.545. The predicted molar refractivity (Wildman–Crippen MR) is 68.5 cm³/mol. The van der Waals surface area contributed by atoms with E-state index >= 15 is 0 Å². The molecule has 15 heavy (non-hydrogen) atoms. The molecule has 0 aromatic rings. The smallest absolute Gasteiger partial charge is 0.333 e. The van der Waals surface area contributed by atoms with E-state index < -0.39 is 0 Å². The number of ether oxygens (including phenoxy) is 1. The number of carbonyl (C=O) groups is 1. The molecular formula is C11H16O2S2. The summed E-state index contributed by atoms with van der Waals surface area (Å²) in [6.45, 7) is 7.73. The molecule has 1 saturated heterocycles. The molecule has 0 radical (unpaired) electrons. The molecule has 0 aliphatic carbocycles. The summed E-state index contributed by atoms with van der Waals surface area (Å²) in [7, 11) is 1.39. The van der Waals surface area contributed by atoms with E-state index in [1.807, 2.05) is 23.5 Å². The lowest BCUT2D eigenvalue weighted by molar-refractivity contribution is -0.136. The van der Waals surface area contributed by atoms with Crippen LogP contribution in [0.15, 0.2) is 24.3 Å². The molecule has 2 nitrogen and oxygen atoms in total. The summed E-state index contributed by atoms with van der Waals surface area (Å²) in [6.07, 6.45) is 0.720. The van der Waals surface area contributed by atoms with Crippen LogP contribution in [0.2, 0.25) is 0 Å². The van der Waals surface area contributed by atoms with Crippen molar-refractivity contribution in [2.24, 2.45) is 0 Å². The van der Waals surface area contributed by atoms with Crippen LogP contribution in [0, 0.1) is 0 Å². The third kappa shape index (κ3) is 4.34. The van der Waals surface area contributed by atoms with Gasteiger partial charge in [-0.25, -0.2) is 4.79 Å². The van der Waals surface area contributed by atoms with Gasteiger partial charge in [0.2, 0.25) is 0 Å². The van der Waals surface area contributed by atoms with Gasteiger partial charge < -0.3 is 4.74 Å². The maximum atomic E-state index is 11.2. The SMILES string of the molecule is C=C1CSCC(CC(=C)C(=O)OC)SC1. The van der Waals surface area contributed by atoms with E-state index in [0.29, 0.717) is 10.8 Å². The van der Waals surface area contributed by atoms with E-state index in [1.165, 1.54) is 12.7 Å². The quantitative estimate of drug-likeness (QED) is 0.433. The van der Waals surface area contributed by atoms with Gasteiger partial charge >= 0.3 is 5.97 Å². The molecule has 4 heteroatoms. The Morgan fingerprint density at radius 3 is 3.00 bits per heavy atom. The fourth-order valence-electron chi connectivity index (χ4n) is 1.28. The van der Waals surface area contributed by atoms with Crippen LogP contribution in [0.25, 0.3) is 0 Å². The topological polar surface area (TPSA) is 26.3 Å². The zero-order chi connectivity index (χ0) is 11.3. The lowest BCUT2D eigenvalue weighted by Crippen LogP contribution is -2.12. The molecule has 0 N–H and O–H groups in total. The number of thioether (sulfide) groups is 2. The van der Waals surface area contributed by atoms with Crippen molar-refractivity contribution in [1.82, 2.24) is 0 Å². The molecule has 1 heterocycles. The summed E-state index contributed by atoms with van der Waals surface area (Å²) in [4.78, 5) is 11.2. The molecule has 1 aliphatic heterocycles. The normalized spacial score (nSPS) is 21.9. The number of carbonyl (C=O) groups excluding carboxylic acids is 1. The van der Waals surface area contributed by atoms with E-state index in [-0.39, 0.29) is 5.97 Å². The molecule has 1 aliphatic rings. The van der Waals surface area contributed by atoms with Gasteiger partial charge in [0.1, 0.15) is 0 Å². The van der Waals surface area contributed by atoms with Crippen molar-refractivity contribution >= 4 is 29.5 Å². The van der Waals surface area contributed by atoms with Crippen molar-refractivity contribution in [3.8, 4) is 0 Å². The van der Waals surface area contributed by atoms with Crippen LogP contribution in [-0.2, 0) is 9.53 Å². The first-order chi connectivity index (χ1) is 7.13. The predicted octanol–water partition coefficient (Wildman–Crippen LogP) is 2.51. The molecule has 0 bridgehead atoms. The molecule has 0 saturated carbocycles. The first kappa shape index (κ1) is 12.7. The summed E-state index contributed by atoms with van der Waals surface area (Å²) in [5.74, 6) is 2.80. The lowest BCUT2D eigenvalue weighted by atomic mass is 10.2. The van der Waals surface area contributed by atoms with Gasteiger partial charge in [0, 0.05) is 28.1 Å². The molecule has 0 amide bonds. The molecule has 84 valence electrons. The Balaban J connectivity index is 2.41. The summed E-state index contributed by atoms with van der Waals surface area (Å²) in [5.41, 5.74) is 1.85. The maximum absolute atomic E-state index is 11.2. The lowest BCUT2D eigenvalue weighted by Gasteiger charge is -2.13. The van der Waals surface area contributed by atoms with Crippen molar-refractivity contribution in [1.29, 1.82) is 0 Å². The molecule has 1 fully saturated rings. The van der Waals surface area contributed by atoms with Gasteiger partial charge in [0.15, 0.2) is 0 Å². The van der Waals surface area contributed by atoms with Crippen molar-refractivity contribution in [2.75, 3.05) is 24.4 Å². The summed E-state index contributed by atoms with van der Waals surface area (Å²) in [6, 6.07) is 0. The summed E-state index contributed by atoms with van der Waals surface area (Å²) >= 11 is 3.74. The second-order valence-electron chi connectivity index (χ2n) is 3.50. The first-order valence-electron chi connectivity index (χ1n) is 4.75. The Morgan fingerprint density at radius 1 is 1.60 bits per heavy atom. The average molecular weight is 244 g/mol. The van der Waals surface area contributed by atoms with Crippen LogP contribution >= 0.6 is 23.5 Å². The number of methoxy groups -OCH3 is 1. The summed E-state index contributed by atoms with van der Waals surface area (Å²) < 4.78 is 4.63. The second kappa shape index (κ2) is 6.28. The van der Waals surface area contributed by atoms with Gasteiger partial charge in [-0.15, -0.1) is 0 Å². The van der Waals surface area contributed by atoms with E-state index in [4.69, 9.17) is 0 Å². The third-order valence-electron chi connectivity index (χ3n) is 2.08. The largest absolute Gasteiger partial charge is 0.466 e. The van der Waals surface area contributed by atoms with E-state index in [1.54, 1.807) is 0 Å². The number of esters is 1. The van der Waals surface area contributed by atoms with Gasteiger partial charge in [0.25, 0.3) is 0 Å². The Hall–Kier alpha value is -0.350. The molecule has 0 aromatic heterocycles. The van der Waals surface area contributed by atoms with Crippen LogP contribution in [0.1, 0.15) is 6.42 Å². The minimum Gasteiger partial charge on any atom is -0.466 e. The first-order valence-corrected chi connectivity index (χ1v) is 6.96. The van der Waals surface area contributed by atoms with Gasteiger partial charge in [-0.2, -0.15) is 23.5 Å². The van der Waals surface area contributed by atoms with E-state index in [9.17, 15) is 4.79 Å². The molecule has 1 atom stereocenters. The van der Waals surface area contributed by atoms with Gasteiger partial charge in [-0.05, 0) is 6.42 Å². The highest BCUT2D eigenvalue weighted by Crippen LogP contribution is 2.29. The Labute approximate surface area is 99.5 Å². The zero-order valence-corrected chi connectivity index (χ0v) is 10.6. The molecule has 0 aromatic carbocycles. The average Bonchev–Trinajstić information content (AvgIpc) is 2.42. The number of hydrogen-bond donors (Lipinski definition) is 0. The highest BCUT2D eigenvalue weighted by molar-refractivity contribution is 8.04. The Kier molecular flexibility index (Phi) is 5.32. The Morgan fingerprint density at radius 2 is 2.33 bits per heavy atom. The van der Waals surface area contributed by atoms with Crippen molar-refractivity contribution < 1.29 is 9.53 Å². The highest BCUT2D eigenvalue weighted by atomic mass is 32.2. The third-order valence-corrected chi connectivity index (χ3v) is 4.92. The minimum absolute atomic E-state index is 0.288. The van der Waals surface area contributed by atoms with Crippen molar-refractivity contribution in [3.63, 3.8) is 0 Å². The molecule has 0 spiro atoms. The van der Waals surface area contributed by atoms with Crippen molar-refractivity contribution in [3.05, 3.63) is 24.3 Å². The highest BCUT2D eigenvalue weighted by Gasteiger charge is 2.18. The van der Waals surface area contributed by atoms with Crippen LogP contribution in [-0.4, -0.2) is 35.6 Å².